The molecule has 134 valence electrons. The van der Waals surface area contributed by atoms with E-state index in [1.807, 2.05) is 24.7 Å². The second-order valence-corrected chi connectivity index (χ2v) is 6.98. The molecule has 1 aliphatic rings. The Morgan fingerprint density at radius 3 is 2.85 bits per heavy atom. The van der Waals surface area contributed by atoms with Gasteiger partial charge >= 0.3 is 0 Å². The zero-order chi connectivity index (χ0) is 18.3. The van der Waals surface area contributed by atoms with Crippen molar-refractivity contribution in [1.29, 1.82) is 0 Å². The topological polar surface area (TPSA) is 64.7 Å². The first-order valence-corrected chi connectivity index (χ1v) is 8.98. The maximum Gasteiger partial charge on any atom is 0.275 e. The van der Waals surface area contributed by atoms with E-state index in [2.05, 4.69) is 39.8 Å². The Morgan fingerprint density at radius 1 is 1.27 bits per heavy atom. The molecule has 0 radical (unpaired) electrons. The third-order valence-corrected chi connectivity index (χ3v) is 5.08. The summed E-state index contributed by atoms with van der Waals surface area (Å²) in [5, 5.41) is 11.9. The lowest BCUT2D eigenvalue weighted by Gasteiger charge is -2.27. The maximum absolute atomic E-state index is 12.8. The summed E-state index contributed by atoms with van der Waals surface area (Å²) in [5.74, 6) is 0.595. The number of nitrogens with zero attached hydrogens (tertiary/aromatic N) is 4. The lowest BCUT2D eigenvalue weighted by molar-refractivity contribution is 0.101. The third-order valence-electron chi connectivity index (χ3n) is 5.08. The van der Waals surface area contributed by atoms with Gasteiger partial charge in [-0.3, -0.25) is 9.48 Å². The highest BCUT2D eigenvalue weighted by Gasteiger charge is 2.26. The van der Waals surface area contributed by atoms with Gasteiger partial charge in [-0.15, -0.1) is 0 Å². The largest absolute Gasteiger partial charge is 0.305 e. The van der Waals surface area contributed by atoms with E-state index >= 15 is 0 Å². The summed E-state index contributed by atoms with van der Waals surface area (Å²) in [6, 6.07) is 10.5. The standard InChI is InChI=1S/C20H23N5O/c1-13-12-21-25(17-10-6-8-15-7-4-5-9-16(15)17)19(13)22-20(26)18-11-14(2)23-24(18)3/h4-5,7,9,11-12,17H,6,8,10H2,1-3H3,(H,22,26)/t17-/m0/s1. The van der Waals surface area contributed by atoms with Crippen LogP contribution in [0.1, 0.15) is 51.8 Å². The predicted octanol–water partition coefficient (Wildman–Crippen LogP) is 3.41. The van der Waals surface area contributed by atoms with E-state index in [1.54, 1.807) is 17.8 Å². The molecule has 0 fully saturated rings. The number of rotatable bonds is 3. The molecule has 1 atom stereocenters. The van der Waals surface area contributed by atoms with E-state index in [0.717, 1.165) is 36.3 Å². The number of hydrogen-bond donors (Lipinski definition) is 1. The molecule has 2 aromatic heterocycles. The Hall–Kier alpha value is -2.89. The van der Waals surface area contributed by atoms with Crippen molar-refractivity contribution in [2.24, 2.45) is 7.05 Å². The van der Waals surface area contributed by atoms with Crippen LogP contribution in [0.2, 0.25) is 0 Å². The van der Waals surface area contributed by atoms with Crippen molar-refractivity contribution in [3.05, 3.63) is 64.6 Å². The molecule has 1 aliphatic carbocycles. The summed E-state index contributed by atoms with van der Waals surface area (Å²) in [5.41, 5.74) is 4.99. The summed E-state index contributed by atoms with van der Waals surface area (Å²) in [4.78, 5) is 12.8. The van der Waals surface area contributed by atoms with Gasteiger partial charge in [-0.2, -0.15) is 10.2 Å². The predicted molar refractivity (Wildman–Crippen MR) is 100 cm³/mol. The van der Waals surface area contributed by atoms with Crippen molar-refractivity contribution >= 4 is 11.7 Å². The lowest BCUT2D eigenvalue weighted by Crippen LogP contribution is -2.23. The molecule has 2 heterocycles. The van der Waals surface area contributed by atoms with E-state index in [1.165, 1.54) is 11.1 Å². The van der Waals surface area contributed by atoms with Gasteiger partial charge < -0.3 is 5.32 Å². The third kappa shape index (κ3) is 2.81. The van der Waals surface area contributed by atoms with Crippen LogP contribution in [0.25, 0.3) is 0 Å². The molecule has 4 rings (SSSR count). The lowest BCUT2D eigenvalue weighted by atomic mass is 9.88. The maximum atomic E-state index is 12.8. The van der Waals surface area contributed by atoms with Crippen LogP contribution >= 0.6 is 0 Å². The Balaban J connectivity index is 1.69. The summed E-state index contributed by atoms with van der Waals surface area (Å²) in [6.07, 6.45) is 5.06. The molecule has 26 heavy (non-hydrogen) atoms. The Kier molecular flexibility index (Phi) is 4.11. The van der Waals surface area contributed by atoms with Gasteiger partial charge in [0.2, 0.25) is 0 Å². The highest BCUT2D eigenvalue weighted by molar-refractivity contribution is 6.03. The molecule has 3 aromatic rings. The van der Waals surface area contributed by atoms with Gasteiger partial charge in [-0.25, -0.2) is 4.68 Å². The molecular formula is C20H23N5O. The Morgan fingerprint density at radius 2 is 2.08 bits per heavy atom. The monoisotopic (exact) mass is 349 g/mol. The van der Waals surface area contributed by atoms with Gasteiger partial charge in [-0.1, -0.05) is 24.3 Å². The molecule has 0 unspecified atom stereocenters. The molecule has 0 saturated heterocycles. The van der Waals surface area contributed by atoms with Gasteiger partial charge in [0, 0.05) is 12.6 Å². The van der Waals surface area contributed by atoms with Crippen molar-refractivity contribution in [2.75, 3.05) is 5.32 Å². The number of carbonyl (C=O) groups excluding carboxylic acids is 1. The second kappa shape index (κ2) is 6.44. The number of aryl methyl sites for hydroxylation is 4. The Labute approximate surface area is 152 Å². The Bertz CT molecular complexity index is 968. The quantitative estimate of drug-likeness (QED) is 0.788. The normalized spacial score (nSPS) is 16.3. The van der Waals surface area contributed by atoms with Crippen LogP contribution in [0.3, 0.4) is 0 Å². The number of aromatic nitrogens is 4. The van der Waals surface area contributed by atoms with E-state index in [9.17, 15) is 4.79 Å². The molecule has 1 N–H and O–H groups in total. The van der Waals surface area contributed by atoms with Crippen LogP contribution in [0.4, 0.5) is 5.82 Å². The number of fused-ring (bicyclic) bond motifs is 1. The molecular weight excluding hydrogens is 326 g/mol. The van der Waals surface area contributed by atoms with Crippen molar-refractivity contribution in [2.45, 2.75) is 39.2 Å². The molecule has 0 saturated carbocycles. The fourth-order valence-electron chi connectivity index (χ4n) is 3.82. The van der Waals surface area contributed by atoms with E-state index < -0.39 is 0 Å². The highest BCUT2D eigenvalue weighted by atomic mass is 16.2. The van der Waals surface area contributed by atoms with Crippen LogP contribution in [0, 0.1) is 13.8 Å². The van der Waals surface area contributed by atoms with E-state index in [0.29, 0.717) is 5.69 Å². The van der Waals surface area contributed by atoms with Crippen LogP contribution in [0.15, 0.2) is 36.5 Å². The molecule has 6 heteroatoms. The first kappa shape index (κ1) is 16.6. The summed E-state index contributed by atoms with van der Waals surface area (Å²) in [6.45, 7) is 3.85. The van der Waals surface area contributed by atoms with Crippen molar-refractivity contribution < 1.29 is 4.79 Å². The van der Waals surface area contributed by atoms with Gasteiger partial charge in [0.05, 0.1) is 17.9 Å². The van der Waals surface area contributed by atoms with Crippen LogP contribution in [0.5, 0.6) is 0 Å². The van der Waals surface area contributed by atoms with Gasteiger partial charge in [0.25, 0.3) is 5.91 Å². The average Bonchev–Trinajstić information content (AvgIpc) is 3.16. The highest BCUT2D eigenvalue weighted by Crippen LogP contribution is 2.35. The zero-order valence-electron chi connectivity index (χ0n) is 15.4. The number of amides is 1. The number of anilines is 1. The summed E-state index contributed by atoms with van der Waals surface area (Å²) < 4.78 is 3.57. The van der Waals surface area contributed by atoms with E-state index in [4.69, 9.17) is 0 Å². The number of carbonyl (C=O) groups is 1. The second-order valence-electron chi connectivity index (χ2n) is 6.98. The SMILES string of the molecule is Cc1cc(C(=O)Nc2c(C)cnn2[C@H]2CCCc3ccccc32)n(C)n1. The first-order valence-electron chi connectivity index (χ1n) is 8.98. The minimum Gasteiger partial charge on any atom is -0.305 e. The molecule has 0 bridgehead atoms. The average molecular weight is 349 g/mol. The van der Waals surface area contributed by atoms with Crippen LogP contribution in [-0.4, -0.2) is 25.5 Å². The summed E-state index contributed by atoms with van der Waals surface area (Å²) >= 11 is 0. The minimum absolute atomic E-state index is 0.150. The zero-order valence-corrected chi connectivity index (χ0v) is 15.4. The first-order chi connectivity index (χ1) is 12.5. The van der Waals surface area contributed by atoms with Gasteiger partial charge in [-0.05, 0) is 50.3 Å². The molecule has 1 amide bonds. The molecule has 6 nitrogen and oxygen atoms in total. The smallest absolute Gasteiger partial charge is 0.275 e. The van der Waals surface area contributed by atoms with Crippen LogP contribution < -0.4 is 5.32 Å². The number of benzene rings is 1. The van der Waals surface area contributed by atoms with Gasteiger partial charge in [0.15, 0.2) is 0 Å². The van der Waals surface area contributed by atoms with Crippen molar-refractivity contribution in [3.63, 3.8) is 0 Å². The van der Waals surface area contributed by atoms with Crippen LogP contribution in [-0.2, 0) is 13.5 Å². The van der Waals surface area contributed by atoms with E-state index in [-0.39, 0.29) is 11.9 Å². The molecule has 1 aromatic carbocycles. The molecule has 0 aliphatic heterocycles. The van der Waals surface area contributed by atoms with Crippen molar-refractivity contribution in [3.8, 4) is 0 Å². The summed E-state index contributed by atoms with van der Waals surface area (Å²) in [7, 11) is 1.78. The molecule has 0 spiro atoms. The number of nitrogens with one attached hydrogen (secondary N) is 1. The minimum atomic E-state index is -0.165. The fourth-order valence-corrected chi connectivity index (χ4v) is 3.82. The fraction of sp³-hybridized carbons (Fsp3) is 0.350. The number of hydrogen-bond acceptors (Lipinski definition) is 3. The van der Waals surface area contributed by atoms with Crippen molar-refractivity contribution in [1.82, 2.24) is 19.6 Å². The van der Waals surface area contributed by atoms with Gasteiger partial charge in [0.1, 0.15) is 11.5 Å².